The summed E-state index contributed by atoms with van der Waals surface area (Å²) >= 11 is 0. The van der Waals surface area contributed by atoms with Gasteiger partial charge >= 0.3 is 0 Å². The molecule has 2 N–H and O–H groups in total. The number of amides is 2. The molecule has 29 heavy (non-hydrogen) atoms. The van der Waals surface area contributed by atoms with Gasteiger partial charge in [0.1, 0.15) is 11.8 Å². The number of hydrogen-bond donors (Lipinski definition) is 2. The molecule has 2 aromatic heterocycles. The van der Waals surface area contributed by atoms with Crippen molar-refractivity contribution in [1.29, 1.82) is 0 Å². The zero-order valence-corrected chi connectivity index (χ0v) is 17.4. The lowest BCUT2D eigenvalue weighted by atomic mass is 9.86. The number of hydrogen-bond acceptors (Lipinski definition) is 5. The lowest BCUT2D eigenvalue weighted by Crippen LogP contribution is -2.53. The van der Waals surface area contributed by atoms with Crippen LogP contribution in [0.3, 0.4) is 0 Å². The van der Waals surface area contributed by atoms with E-state index in [4.69, 9.17) is 4.74 Å². The molecule has 2 amide bonds. The van der Waals surface area contributed by atoms with E-state index in [-0.39, 0.29) is 11.8 Å². The first-order chi connectivity index (χ1) is 13.7. The van der Waals surface area contributed by atoms with Gasteiger partial charge in [0.05, 0.1) is 12.8 Å². The van der Waals surface area contributed by atoms with E-state index in [1.54, 1.807) is 31.1 Å². The highest BCUT2D eigenvalue weighted by Crippen LogP contribution is 2.57. The number of methoxy groups -OCH3 is 1. The minimum atomic E-state index is -0.660. The molecule has 2 aliphatic carbocycles. The fourth-order valence-electron chi connectivity index (χ4n) is 4.13. The monoisotopic (exact) mass is 397 g/mol. The van der Waals surface area contributed by atoms with Crippen LogP contribution in [0.25, 0.3) is 5.82 Å². The van der Waals surface area contributed by atoms with Gasteiger partial charge in [0, 0.05) is 30.8 Å². The number of ether oxygens (including phenoxy) is 1. The summed E-state index contributed by atoms with van der Waals surface area (Å²) in [5.74, 6) is 1.76. The molecule has 3 atom stereocenters. The average molecular weight is 397 g/mol. The van der Waals surface area contributed by atoms with Crippen LogP contribution in [-0.2, 0) is 11.2 Å². The van der Waals surface area contributed by atoms with Crippen molar-refractivity contribution in [3.8, 4) is 11.6 Å². The molecule has 0 saturated heterocycles. The number of fused-ring (bicyclic) bond motifs is 3. The Morgan fingerprint density at radius 2 is 2.10 bits per heavy atom. The van der Waals surface area contributed by atoms with E-state index in [0.29, 0.717) is 29.1 Å². The first kappa shape index (κ1) is 19.4. The Labute approximate surface area is 170 Å². The Bertz CT molecular complexity index is 975. The summed E-state index contributed by atoms with van der Waals surface area (Å²) in [5, 5.41) is 10.2. The van der Waals surface area contributed by atoms with E-state index < -0.39 is 11.5 Å². The van der Waals surface area contributed by atoms with Crippen LogP contribution in [0.15, 0.2) is 18.3 Å². The second-order valence-corrected chi connectivity index (χ2v) is 8.87. The molecule has 2 aromatic rings. The van der Waals surface area contributed by atoms with Crippen molar-refractivity contribution in [3.63, 3.8) is 0 Å². The van der Waals surface area contributed by atoms with Gasteiger partial charge in [-0.3, -0.25) is 9.59 Å². The minimum Gasteiger partial charge on any atom is -0.497 e. The third-order valence-corrected chi connectivity index (χ3v) is 5.80. The van der Waals surface area contributed by atoms with Gasteiger partial charge in [0.2, 0.25) is 5.91 Å². The third kappa shape index (κ3) is 3.36. The van der Waals surface area contributed by atoms with Crippen molar-refractivity contribution in [1.82, 2.24) is 25.4 Å². The number of likely N-dealkylation sites (N-methyl/N-ethyl adjacent to an activating group) is 1. The summed E-state index contributed by atoms with van der Waals surface area (Å²) in [7, 11) is 3.18. The first-order valence-corrected chi connectivity index (χ1v) is 9.89. The van der Waals surface area contributed by atoms with Crippen LogP contribution in [0.2, 0.25) is 0 Å². The lowest BCUT2D eigenvalue weighted by molar-refractivity contribution is -0.124. The zero-order valence-electron chi connectivity index (χ0n) is 17.4. The van der Waals surface area contributed by atoms with Crippen LogP contribution >= 0.6 is 0 Å². The highest BCUT2D eigenvalue weighted by atomic mass is 16.5. The number of nitrogens with zero attached hydrogens (tertiary/aromatic N) is 3. The van der Waals surface area contributed by atoms with Gasteiger partial charge in [0.25, 0.3) is 5.91 Å². The molecule has 8 nitrogen and oxygen atoms in total. The minimum absolute atomic E-state index is 0.223. The summed E-state index contributed by atoms with van der Waals surface area (Å²) in [5.41, 5.74) is 1.99. The molecule has 0 aliphatic heterocycles. The van der Waals surface area contributed by atoms with Gasteiger partial charge < -0.3 is 15.4 Å². The highest BCUT2D eigenvalue weighted by Gasteiger charge is 2.50. The van der Waals surface area contributed by atoms with Crippen molar-refractivity contribution < 1.29 is 14.3 Å². The van der Waals surface area contributed by atoms with Crippen LogP contribution in [0.1, 0.15) is 54.9 Å². The molecule has 0 unspecified atom stereocenters. The molecule has 2 heterocycles. The first-order valence-electron chi connectivity index (χ1n) is 9.89. The van der Waals surface area contributed by atoms with Crippen LogP contribution in [0.5, 0.6) is 5.75 Å². The standard InChI is InChI=1S/C21H27N5O3/c1-21(2,3)18(20(28)22-4)24-19(27)16-14-9-11-8-13(11)17(14)26(25-16)15-10-12(29-5)6-7-23-15/h6-7,10-11,13,18H,8-9H2,1-5H3,(H,22,28)(H,24,27)/t11-,13-,18-/m1/s1. The van der Waals surface area contributed by atoms with Crippen molar-refractivity contribution in [2.24, 2.45) is 11.3 Å². The average Bonchev–Trinajstić information content (AvgIpc) is 3.19. The van der Waals surface area contributed by atoms with Gasteiger partial charge in [0.15, 0.2) is 11.5 Å². The van der Waals surface area contributed by atoms with Gasteiger partial charge in [-0.2, -0.15) is 5.10 Å². The van der Waals surface area contributed by atoms with E-state index in [1.807, 2.05) is 26.8 Å². The Hall–Kier alpha value is -2.90. The van der Waals surface area contributed by atoms with Crippen LogP contribution in [-0.4, -0.2) is 46.8 Å². The number of pyridine rings is 1. The third-order valence-electron chi connectivity index (χ3n) is 5.80. The number of nitrogens with one attached hydrogen (secondary N) is 2. The van der Waals surface area contributed by atoms with Crippen molar-refractivity contribution in [2.45, 2.75) is 45.6 Å². The van der Waals surface area contributed by atoms with Crippen molar-refractivity contribution in [3.05, 3.63) is 35.3 Å². The van der Waals surface area contributed by atoms with Gasteiger partial charge in [-0.1, -0.05) is 20.8 Å². The molecule has 0 bridgehead atoms. The maximum absolute atomic E-state index is 13.2. The van der Waals surface area contributed by atoms with E-state index in [9.17, 15) is 9.59 Å². The SMILES string of the molecule is CNC(=O)[C@@H](NC(=O)c1nn(-c2cc(OC)ccn2)c2c1C[C@H]1C[C@@H]21)C(C)(C)C. The Morgan fingerprint density at radius 3 is 2.76 bits per heavy atom. The molecule has 154 valence electrons. The summed E-state index contributed by atoms with van der Waals surface area (Å²) in [6.07, 6.45) is 3.63. The molecule has 1 fully saturated rings. The molecule has 1 saturated carbocycles. The molecule has 0 aromatic carbocycles. The molecule has 8 heteroatoms. The number of rotatable bonds is 5. The lowest BCUT2D eigenvalue weighted by Gasteiger charge is -2.29. The van der Waals surface area contributed by atoms with Gasteiger partial charge in [-0.05, 0) is 30.2 Å². The largest absolute Gasteiger partial charge is 0.497 e. The van der Waals surface area contributed by atoms with E-state index >= 15 is 0 Å². The second kappa shape index (κ2) is 6.86. The Kier molecular flexibility index (Phi) is 4.59. The number of aromatic nitrogens is 3. The van der Waals surface area contributed by atoms with E-state index in [2.05, 4.69) is 20.7 Å². The summed E-state index contributed by atoms with van der Waals surface area (Å²) < 4.78 is 7.09. The zero-order chi connectivity index (χ0) is 20.9. The predicted octanol–water partition coefficient (Wildman–Crippen LogP) is 1.83. The van der Waals surface area contributed by atoms with Crippen LogP contribution in [0, 0.1) is 11.3 Å². The smallest absolute Gasteiger partial charge is 0.272 e. The molecular formula is C21H27N5O3. The van der Waals surface area contributed by atoms with E-state index in [0.717, 1.165) is 24.1 Å². The molecule has 2 aliphatic rings. The van der Waals surface area contributed by atoms with E-state index in [1.165, 1.54) is 0 Å². The highest BCUT2D eigenvalue weighted by molar-refractivity contribution is 5.98. The Morgan fingerprint density at radius 1 is 1.34 bits per heavy atom. The maximum Gasteiger partial charge on any atom is 0.272 e. The fraction of sp³-hybridized carbons (Fsp3) is 0.524. The topological polar surface area (TPSA) is 98.1 Å². The number of carbonyl (C=O) groups is 2. The molecule has 4 rings (SSSR count). The van der Waals surface area contributed by atoms with Crippen LogP contribution < -0.4 is 15.4 Å². The fourth-order valence-corrected chi connectivity index (χ4v) is 4.13. The molecule has 0 spiro atoms. The van der Waals surface area contributed by atoms with Gasteiger partial charge in [-0.25, -0.2) is 9.67 Å². The number of carbonyl (C=O) groups excluding carboxylic acids is 2. The molecule has 0 radical (unpaired) electrons. The van der Waals surface area contributed by atoms with Crippen LogP contribution in [0.4, 0.5) is 0 Å². The summed E-state index contributed by atoms with van der Waals surface area (Å²) in [4.78, 5) is 29.9. The maximum atomic E-state index is 13.2. The molecular weight excluding hydrogens is 370 g/mol. The second-order valence-electron chi connectivity index (χ2n) is 8.87. The normalized spacial score (nSPS) is 20.4. The Balaban J connectivity index is 1.71. The quantitative estimate of drug-likeness (QED) is 0.802. The summed E-state index contributed by atoms with van der Waals surface area (Å²) in [6.45, 7) is 5.77. The summed E-state index contributed by atoms with van der Waals surface area (Å²) in [6, 6.07) is 2.93. The predicted molar refractivity (Wildman–Crippen MR) is 107 cm³/mol. The van der Waals surface area contributed by atoms with Crippen molar-refractivity contribution in [2.75, 3.05) is 14.2 Å². The van der Waals surface area contributed by atoms with Crippen molar-refractivity contribution >= 4 is 11.8 Å². The van der Waals surface area contributed by atoms with Gasteiger partial charge in [-0.15, -0.1) is 0 Å².